The molecule has 0 saturated carbocycles. The first-order valence-corrected chi connectivity index (χ1v) is 3.78. The molecule has 1 aliphatic heterocycles. The molecule has 0 aromatic carbocycles. The van der Waals surface area contributed by atoms with Gasteiger partial charge in [-0.1, -0.05) is 0 Å². The van der Waals surface area contributed by atoms with E-state index in [-0.39, 0.29) is 0 Å². The standard InChI is InChI=1S/C7H11N3O/c8-6-4-9-7-5(11)2-1-3-10(6)7/h4-5,11H,1-3,8H2. The van der Waals surface area contributed by atoms with Gasteiger partial charge < -0.3 is 15.4 Å². The van der Waals surface area contributed by atoms with Gasteiger partial charge in [-0.25, -0.2) is 4.98 Å². The van der Waals surface area contributed by atoms with Crippen LogP contribution >= 0.6 is 0 Å². The van der Waals surface area contributed by atoms with Crippen LogP contribution in [0.4, 0.5) is 5.82 Å². The van der Waals surface area contributed by atoms with Crippen molar-refractivity contribution < 1.29 is 5.11 Å². The summed E-state index contributed by atoms with van der Waals surface area (Å²) in [6.07, 6.45) is 2.97. The molecule has 4 nitrogen and oxygen atoms in total. The first kappa shape index (κ1) is 6.67. The van der Waals surface area contributed by atoms with Gasteiger partial charge in [0.1, 0.15) is 17.7 Å². The first-order chi connectivity index (χ1) is 5.29. The van der Waals surface area contributed by atoms with Crippen molar-refractivity contribution in [1.29, 1.82) is 0 Å². The molecule has 0 bridgehead atoms. The summed E-state index contributed by atoms with van der Waals surface area (Å²) in [7, 11) is 0. The molecule has 1 atom stereocenters. The van der Waals surface area contributed by atoms with Crippen LogP contribution in [0.5, 0.6) is 0 Å². The summed E-state index contributed by atoms with van der Waals surface area (Å²) in [5.74, 6) is 1.37. The number of aliphatic hydroxyl groups excluding tert-OH is 1. The normalized spacial score (nSPS) is 23.2. The molecule has 1 aliphatic rings. The molecule has 0 radical (unpaired) electrons. The maximum atomic E-state index is 9.44. The lowest BCUT2D eigenvalue weighted by Gasteiger charge is -2.19. The van der Waals surface area contributed by atoms with Crippen LogP contribution in [0.15, 0.2) is 6.20 Å². The van der Waals surface area contributed by atoms with Crippen molar-refractivity contribution in [2.24, 2.45) is 0 Å². The lowest BCUT2D eigenvalue weighted by atomic mass is 10.1. The fourth-order valence-electron chi connectivity index (χ4n) is 1.49. The molecule has 0 spiro atoms. The molecule has 3 N–H and O–H groups in total. The van der Waals surface area contributed by atoms with Gasteiger partial charge in [0.15, 0.2) is 0 Å². The van der Waals surface area contributed by atoms with Crippen LogP contribution in [-0.4, -0.2) is 14.7 Å². The number of rotatable bonds is 0. The minimum Gasteiger partial charge on any atom is -0.385 e. The number of nitrogen functional groups attached to an aromatic ring is 1. The third-order valence-electron chi connectivity index (χ3n) is 2.07. The fraction of sp³-hybridized carbons (Fsp3) is 0.571. The lowest BCUT2D eigenvalue weighted by Crippen LogP contribution is -2.16. The van der Waals surface area contributed by atoms with Gasteiger partial charge in [0.25, 0.3) is 0 Å². The van der Waals surface area contributed by atoms with E-state index < -0.39 is 6.10 Å². The van der Waals surface area contributed by atoms with Crippen molar-refractivity contribution in [3.63, 3.8) is 0 Å². The summed E-state index contributed by atoms with van der Waals surface area (Å²) in [6, 6.07) is 0. The second kappa shape index (κ2) is 2.23. The molecule has 0 saturated heterocycles. The fourth-order valence-corrected chi connectivity index (χ4v) is 1.49. The summed E-state index contributed by atoms with van der Waals surface area (Å²) in [4.78, 5) is 4.03. The summed E-state index contributed by atoms with van der Waals surface area (Å²) in [6.45, 7) is 0.887. The van der Waals surface area contributed by atoms with E-state index in [1.165, 1.54) is 0 Å². The van der Waals surface area contributed by atoms with E-state index in [9.17, 15) is 5.11 Å². The maximum Gasteiger partial charge on any atom is 0.139 e. The highest BCUT2D eigenvalue weighted by Gasteiger charge is 2.20. The monoisotopic (exact) mass is 153 g/mol. The molecule has 1 aromatic rings. The Labute approximate surface area is 64.7 Å². The highest BCUT2D eigenvalue weighted by Crippen LogP contribution is 2.25. The maximum absolute atomic E-state index is 9.44. The Hall–Kier alpha value is -1.03. The quantitative estimate of drug-likeness (QED) is 0.563. The van der Waals surface area contributed by atoms with Gasteiger partial charge in [-0.3, -0.25) is 0 Å². The van der Waals surface area contributed by atoms with Crippen molar-refractivity contribution in [1.82, 2.24) is 9.55 Å². The number of imidazole rings is 1. The van der Waals surface area contributed by atoms with Crippen LogP contribution < -0.4 is 5.73 Å². The van der Waals surface area contributed by atoms with E-state index in [1.807, 2.05) is 4.57 Å². The number of aliphatic hydroxyl groups is 1. The topological polar surface area (TPSA) is 64.1 Å². The molecular weight excluding hydrogens is 142 g/mol. The van der Waals surface area contributed by atoms with Gasteiger partial charge in [-0.2, -0.15) is 0 Å². The van der Waals surface area contributed by atoms with Gasteiger partial charge in [0, 0.05) is 6.54 Å². The molecule has 60 valence electrons. The van der Waals surface area contributed by atoms with Gasteiger partial charge in [0.05, 0.1) is 6.20 Å². The highest BCUT2D eigenvalue weighted by atomic mass is 16.3. The molecule has 2 heterocycles. The minimum absolute atomic E-state index is 0.416. The number of fused-ring (bicyclic) bond motifs is 1. The Balaban J connectivity index is 2.46. The predicted octanol–water partition coefficient (Wildman–Crippen LogP) is 0.293. The highest BCUT2D eigenvalue weighted by molar-refractivity contribution is 5.29. The Kier molecular flexibility index (Phi) is 1.35. The number of nitrogens with two attached hydrogens (primary N) is 1. The zero-order chi connectivity index (χ0) is 7.84. The lowest BCUT2D eigenvalue weighted by molar-refractivity contribution is 0.134. The van der Waals surface area contributed by atoms with Crippen LogP contribution in [0.1, 0.15) is 24.8 Å². The Morgan fingerprint density at radius 3 is 3.27 bits per heavy atom. The third kappa shape index (κ3) is 0.903. The van der Waals surface area contributed by atoms with Crippen LogP contribution in [0, 0.1) is 0 Å². The van der Waals surface area contributed by atoms with E-state index in [0.29, 0.717) is 11.6 Å². The second-order valence-electron chi connectivity index (χ2n) is 2.85. The SMILES string of the molecule is Nc1cnc2n1CCCC2O. The molecule has 4 heteroatoms. The Morgan fingerprint density at radius 2 is 2.55 bits per heavy atom. The molecule has 0 aliphatic carbocycles. The van der Waals surface area contributed by atoms with Crippen molar-refractivity contribution in [2.45, 2.75) is 25.5 Å². The van der Waals surface area contributed by atoms with E-state index in [4.69, 9.17) is 5.73 Å². The van der Waals surface area contributed by atoms with E-state index in [2.05, 4.69) is 4.98 Å². The molecule has 1 unspecified atom stereocenters. The Bertz CT molecular complexity index is 269. The van der Waals surface area contributed by atoms with E-state index in [1.54, 1.807) is 6.20 Å². The molecule has 0 fully saturated rings. The largest absolute Gasteiger partial charge is 0.385 e. The second-order valence-corrected chi connectivity index (χ2v) is 2.85. The van der Waals surface area contributed by atoms with Crippen molar-refractivity contribution >= 4 is 5.82 Å². The zero-order valence-corrected chi connectivity index (χ0v) is 6.20. The van der Waals surface area contributed by atoms with Gasteiger partial charge in [-0.15, -0.1) is 0 Å². The summed E-state index contributed by atoms with van der Waals surface area (Å²) >= 11 is 0. The van der Waals surface area contributed by atoms with Gasteiger partial charge in [-0.05, 0) is 12.8 Å². The predicted molar refractivity (Wildman–Crippen MR) is 40.8 cm³/mol. The van der Waals surface area contributed by atoms with Crippen molar-refractivity contribution in [3.05, 3.63) is 12.0 Å². The number of anilines is 1. The van der Waals surface area contributed by atoms with Crippen LogP contribution in [0.2, 0.25) is 0 Å². The summed E-state index contributed by atoms with van der Waals surface area (Å²) in [5.41, 5.74) is 5.61. The van der Waals surface area contributed by atoms with E-state index >= 15 is 0 Å². The zero-order valence-electron chi connectivity index (χ0n) is 6.20. The van der Waals surface area contributed by atoms with Gasteiger partial charge in [0.2, 0.25) is 0 Å². The smallest absolute Gasteiger partial charge is 0.139 e. The first-order valence-electron chi connectivity index (χ1n) is 3.78. The molecule has 11 heavy (non-hydrogen) atoms. The molecular formula is C7H11N3O. The summed E-state index contributed by atoms with van der Waals surface area (Å²) < 4.78 is 1.87. The third-order valence-corrected chi connectivity index (χ3v) is 2.07. The van der Waals surface area contributed by atoms with Crippen LogP contribution in [0.3, 0.4) is 0 Å². The van der Waals surface area contributed by atoms with Crippen LogP contribution in [0.25, 0.3) is 0 Å². The average Bonchev–Trinajstić information content (AvgIpc) is 2.35. The van der Waals surface area contributed by atoms with Crippen molar-refractivity contribution in [3.8, 4) is 0 Å². The van der Waals surface area contributed by atoms with Crippen LogP contribution in [-0.2, 0) is 6.54 Å². The molecule has 1 aromatic heterocycles. The number of nitrogens with zero attached hydrogens (tertiary/aromatic N) is 2. The minimum atomic E-state index is -0.416. The molecule has 0 amide bonds. The van der Waals surface area contributed by atoms with Crippen molar-refractivity contribution in [2.75, 3.05) is 5.73 Å². The molecule has 2 rings (SSSR count). The number of aromatic nitrogens is 2. The Morgan fingerprint density at radius 1 is 1.73 bits per heavy atom. The number of hydrogen-bond acceptors (Lipinski definition) is 3. The van der Waals surface area contributed by atoms with E-state index in [0.717, 1.165) is 19.4 Å². The number of hydrogen-bond donors (Lipinski definition) is 2. The van der Waals surface area contributed by atoms with Gasteiger partial charge >= 0.3 is 0 Å². The summed E-state index contributed by atoms with van der Waals surface area (Å²) in [5, 5.41) is 9.44. The average molecular weight is 153 g/mol.